The Morgan fingerprint density at radius 3 is 2.50 bits per heavy atom. The monoisotopic (exact) mass is 164 g/mol. The van der Waals surface area contributed by atoms with Crippen LogP contribution in [0.4, 0.5) is 0 Å². The molecule has 2 aromatic heterocycles. The smallest absolute Gasteiger partial charge is 0.137 e. The van der Waals surface area contributed by atoms with Crippen LogP contribution in [0.3, 0.4) is 0 Å². The van der Waals surface area contributed by atoms with Crippen molar-refractivity contribution in [3.05, 3.63) is 25.3 Å². The highest BCUT2D eigenvalue weighted by molar-refractivity contribution is 4.61. The van der Waals surface area contributed by atoms with Crippen LogP contribution >= 0.6 is 0 Å². The third-order valence-electron chi connectivity index (χ3n) is 1.52. The molecule has 12 heavy (non-hydrogen) atoms. The Bertz CT molecular complexity index is 275. The molecule has 0 aromatic carbocycles. The maximum atomic E-state index is 3.97. The van der Waals surface area contributed by atoms with Gasteiger partial charge in [-0.1, -0.05) is 0 Å². The first kappa shape index (κ1) is 6.96. The van der Waals surface area contributed by atoms with Crippen LogP contribution < -0.4 is 0 Å². The van der Waals surface area contributed by atoms with Crippen molar-refractivity contribution < 1.29 is 0 Å². The van der Waals surface area contributed by atoms with Crippen LogP contribution in [0.1, 0.15) is 0 Å². The molecule has 0 fully saturated rings. The lowest BCUT2D eigenvalue weighted by Gasteiger charge is -1.99. The molecule has 0 saturated carbocycles. The number of nitrogens with zero attached hydrogens (tertiary/aromatic N) is 6. The van der Waals surface area contributed by atoms with E-state index in [-0.39, 0.29) is 0 Å². The molecule has 6 heteroatoms. The summed E-state index contributed by atoms with van der Waals surface area (Å²) in [6, 6.07) is 0. The van der Waals surface area contributed by atoms with E-state index >= 15 is 0 Å². The van der Waals surface area contributed by atoms with Crippen molar-refractivity contribution in [2.24, 2.45) is 0 Å². The summed E-state index contributed by atoms with van der Waals surface area (Å²) in [6.45, 7) is 1.61. The Labute approximate surface area is 68.9 Å². The van der Waals surface area contributed by atoms with Gasteiger partial charge in [0.15, 0.2) is 0 Å². The molecule has 0 spiro atoms. The van der Waals surface area contributed by atoms with E-state index in [1.165, 1.54) is 6.33 Å². The van der Waals surface area contributed by atoms with E-state index in [0.717, 1.165) is 13.1 Å². The van der Waals surface area contributed by atoms with Crippen molar-refractivity contribution in [1.82, 2.24) is 29.5 Å². The van der Waals surface area contributed by atoms with Crippen LogP contribution in [0, 0.1) is 0 Å². The van der Waals surface area contributed by atoms with E-state index in [2.05, 4.69) is 20.3 Å². The van der Waals surface area contributed by atoms with Gasteiger partial charge in [0.2, 0.25) is 0 Å². The normalized spacial score (nSPS) is 10.3. The minimum absolute atomic E-state index is 0.790. The molecule has 6 nitrogen and oxygen atoms in total. The van der Waals surface area contributed by atoms with Gasteiger partial charge in [0.25, 0.3) is 0 Å². The molecule has 0 aliphatic heterocycles. The fourth-order valence-electron chi connectivity index (χ4n) is 0.904. The van der Waals surface area contributed by atoms with Crippen molar-refractivity contribution in [2.45, 2.75) is 13.1 Å². The Balaban J connectivity index is 1.91. The minimum Gasteiger partial charge on any atom is -0.318 e. The molecule has 2 aromatic rings. The van der Waals surface area contributed by atoms with Crippen LogP contribution in [0.2, 0.25) is 0 Å². The van der Waals surface area contributed by atoms with Gasteiger partial charge < -0.3 is 4.57 Å². The molecular weight excluding hydrogens is 156 g/mol. The maximum Gasteiger partial charge on any atom is 0.137 e. The van der Waals surface area contributed by atoms with Crippen LogP contribution in [0.5, 0.6) is 0 Å². The highest BCUT2D eigenvalue weighted by Gasteiger charge is 1.92. The highest BCUT2D eigenvalue weighted by Crippen LogP contribution is 1.86. The van der Waals surface area contributed by atoms with Crippen molar-refractivity contribution >= 4 is 0 Å². The third-order valence-corrected chi connectivity index (χ3v) is 1.52. The molecule has 0 N–H and O–H groups in total. The van der Waals surface area contributed by atoms with Crippen LogP contribution in [0.15, 0.2) is 25.3 Å². The summed E-state index contributed by atoms with van der Waals surface area (Å²) in [5.74, 6) is 0. The first-order valence-electron chi connectivity index (χ1n) is 3.60. The van der Waals surface area contributed by atoms with Gasteiger partial charge in [-0.15, -0.1) is 10.2 Å². The average Bonchev–Trinajstić information content (AvgIpc) is 2.74. The van der Waals surface area contributed by atoms with Gasteiger partial charge in [-0.3, -0.25) is 4.68 Å². The second-order valence-electron chi connectivity index (χ2n) is 2.36. The standard InChI is InChI=1S/C6H8N6/c1(11-5-8-9-6-11)2-12-4-7-3-10-12/h3-6H,1-2H2. The highest BCUT2D eigenvalue weighted by atomic mass is 15.3. The summed E-state index contributed by atoms with van der Waals surface area (Å²) < 4.78 is 3.65. The number of aryl methyl sites for hydroxylation is 2. The van der Waals surface area contributed by atoms with Gasteiger partial charge in [0.1, 0.15) is 25.3 Å². The summed E-state index contributed by atoms with van der Waals surface area (Å²) in [7, 11) is 0. The zero-order valence-electron chi connectivity index (χ0n) is 6.41. The lowest BCUT2D eigenvalue weighted by atomic mass is 10.6. The molecular formula is C6H8N6. The average molecular weight is 164 g/mol. The van der Waals surface area contributed by atoms with E-state index in [0.29, 0.717) is 0 Å². The molecule has 0 aliphatic rings. The summed E-state index contributed by atoms with van der Waals surface area (Å²) >= 11 is 0. The zero-order valence-corrected chi connectivity index (χ0v) is 6.41. The van der Waals surface area contributed by atoms with E-state index in [1.807, 2.05) is 4.57 Å². The topological polar surface area (TPSA) is 61.4 Å². The number of rotatable bonds is 3. The second-order valence-corrected chi connectivity index (χ2v) is 2.36. The van der Waals surface area contributed by atoms with Gasteiger partial charge in [-0.05, 0) is 0 Å². The molecule has 0 radical (unpaired) electrons. The lowest BCUT2D eigenvalue weighted by molar-refractivity contribution is 0.531. The molecule has 2 heterocycles. The molecule has 0 bridgehead atoms. The molecule has 2 rings (SSSR count). The van der Waals surface area contributed by atoms with Crippen LogP contribution in [-0.2, 0) is 13.1 Å². The number of hydrogen-bond donors (Lipinski definition) is 0. The van der Waals surface area contributed by atoms with Crippen molar-refractivity contribution in [3.63, 3.8) is 0 Å². The van der Waals surface area contributed by atoms with E-state index in [4.69, 9.17) is 0 Å². The van der Waals surface area contributed by atoms with E-state index < -0.39 is 0 Å². The quantitative estimate of drug-likeness (QED) is 0.617. The van der Waals surface area contributed by atoms with Crippen LogP contribution in [0.25, 0.3) is 0 Å². The van der Waals surface area contributed by atoms with Crippen molar-refractivity contribution in [2.75, 3.05) is 0 Å². The van der Waals surface area contributed by atoms with Gasteiger partial charge in [0, 0.05) is 6.54 Å². The second kappa shape index (κ2) is 3.12. The summed E-state index contributed by atoms with van der Waals surface area (Å²) in [6.07, 6.45) is 6.56. The molecule has 0 saturated heterocycles. The van der Waals surface area contributed by atoms with Crippen molar-refractivity contribution in [3.8, 4) is 0 Å². The largest absolute Gasteiger partial charge is 0.318 e. The molecule has 0 aliphatic carbocycles. The summed E-state index contributed by atoms with van der Waals surface area (Å²) in [5, 5.41) is 11.3. The number of hydrogen-bond acceptors (Lipinski definition) is 4. The van der Waals surface area contributed by atoms with E-state index in [1.54, 1.807) is 23.7 Å². The third kappa shape index (κ3) is 1.47. The summed E-state index contributed by atoms with van der Waals surface area (Å²) in [4.78, 5) is 3.83. The van der Waals surface area contributed by atoms with Gasteiger partial charge >= 0.3 is 0 Å². The zero-order chi connectivity index (χ0) is 8.23. The Morgan fingerprint density at radius 1 is 1.00 bits per heavy atom. The van der Waals surface area contributed by atoms with Gasteiger partial charge in [0.05, 0.1) is 6.54 Å². The molecule has 62 valence electrons. The fraction of sp³-hybridized carbons (Fsp3) is 0.333. The Kier molecular flexibility index (Phi) is 1.81. The molecule has 0 unspecified atom stereocenters. The molecule has 0 atom stereocenters. The first-order valence-corrected chi connectivity index (χ1v) is 3.60. The first-order chi connectivity index (χ1) is 5.95. The molecule has 0 amide bonds. The Hall–Kier alpha value is -1.72. The van der Waals surface area contributed by atoms with Crippen LogP contribution in [-0.4, -0.2) is 29.5 Å². The van der Waals surface area contributed by atoms with E-state index in [9.17, 15) is 0 Å². The predicted octanol–water partition coefficient (Wildman–Crippen LogP) is -0.430. The van der Waals surface area contributed by atoms with Crippen molar-refractivity contribution in [1.29, 1.82) is 0 Å². The fourth-order valence-corrected chi connectivity index (χ4v) is 0.904. The lowest BCUT2D eigenvalue weighted by Crippen LogP contribution is -2.05. The Morgan fingerprint density at radius 2 is 1.83 bits per heavy atom. The number of aromatic nitrogens is 6. The maximum absolute atomic E-state index is 3.97. The van der Waals surface area contributed by atoms with Gasteiger partial charge in [-0.25, -0.2) is 4.98 Å². The SMILES string of the molecule is c1ncn(CCn2cnnc2)n1. The minimum atomic E-state index is 0.790. The van der Waals surface area contributed by atoms with Gasteiger partial charge in [-0.2, -0.15) is 5.10 Å². The summed E-state index contributed by atoms with van der Waals surface area (Å²) in [5.41, 5.74) is 0. The predicted molar refractivity (Wildman–Crippen MR) is 40.0 cm³/mol.